The van der Waals surface area contributed by atoms with Crippen molar-refractivity contribution in [3.8, 4) is 0 Å². The van der Waals surface area contributed by atoms with E-state index in [0.717, 1.165) is 18.4 Å². The van der Waals surface area contributed by atoms with Gasteiger partial charge in [0.05, 0.1) is 6.04 Å². The minimum absolute atomic E-state index is 0.187. The highest BCUT2D eigenvalue weighted by atomic mass is 16.3. The number of nitrogens with one attached hydrogen (secondary N) is 1. The molecule has 0 bridgehead atoms. The van der Waals surface area contributed by atoms with Crippen molar-refractivity contribution in [1.82, 2.24) is 10.3 Å². The maximum absolute atomic E-state index is 12.3. The minimum Gasteiger partial charge on any atom is -0.446 e. The van der Waals surface area contributed by atoms with Gasteiger partial charge in [0.25, 0.3) is 5.91 Å². The standard InChI is InChI=1S/C30H49N3O2/c1-2-3-4-5-6-7-8-9-10-11-12-13-14-15-16-20-23-32-29(34)28-25-35-30(33-28)27(31)24-26-21-18-17-19-22-26/h17-19,21-22,25,27H,2-16,20,23-24,31H2,1H3,(H,32,34). The van der Waals surface area contributed by atoms with Crippen LogP contribution >= 0.6 is 0 Å². The zero-order valence-electron chi connectivity index (χ0n) is 22.1. The van der Waals surface area contributed by atoms with Gasteiger partial charge < -0.3 is 15.5 Å². The third kappa shape index (κ3) is 13.5. The van der Waals surface area contributed by atoms with Gasteiger partial charge in [0.15, 0.2) is 5.69 Å². The lowest BCUT2D eigenvalue weighted by molar-refractivity contribution is 0.0948. The van der Waals surface area contributed by atoms with Crippen molar-refractivity contribution in [2.24, 2.45) is 5.73 Å². The number of hydrogen-bond donors (Lipinski definition) is 2. The summed E-state index contributed by atoms with van der Waals surface area (Å²) in [5, 5.41) is 2.95. The third-order valence-electron chi connectivity index (χ3n) is 6.69. The zero-order valence-corrected chi connectivity index (χ0v) is 22.1. The van der Waals surface area contributed by atoms with E-state index < -0.39 is 0 Å². The normalized spacial score (nSPS) is 12.1. The van der Waals surface area contributed by atoms with Crippen LogP contribution in [0.2, 0.25) is 0 Å². The molecule has 1 unspecified atom stereocenters. The second-order valence-corrected chi connectivity index (χ2v) is 9.93. The van der Waals surface area contributed by atoms with Gasteiger partial charge in [0.1, 0.15) is 6.26 Å². The Morgan fingerprint density at radius 3 is 1.89 bits per heavy atom. The highest BCUT2D eigenvalue weighted by Gasteiger charge is 2.17. The summed E-state index contributed by atoms with van der Waals surface area (Å²) in [7, 11) is 0. The Bertz CT molecular complexity index is 775. The van der Waals surface area contributed by atoms with E-state index in [-0.39, 0.29) is 11.9 Å². The number of rotatable bonds is 21. The number of aromatic nitrogens is 1. The number of nitrogens with two attached hydrogens (primary N) is 1. The Balaban J connectivity index is 1.41. The smallest absolute Gasteiger partial charge is 0.273 e. The number of nitrogens with zero attached hydrogens (tertiary/aromatic N) is 1. The first-order chi connectivity index (χ1) is 17.2. The van der Waals surface area contributed by atoms with Crippen molar-refractivity contribution in [2.45, 2.75) is 122 Å². The SMILES string of the molecule is CCCCCCCCCCCCCCCCCCNC(=O)c1coc(C(N)Cc2ccccc2)n1. The summed E-state index contributed by atoms with van der Waals surface area (Å²) >= 11 is 0. The lowest BCUT2D eigenvalue weighted by Gasteiger charge is -2.07. The number of unbranched alkanes of at least 4 members (excludes halogenated alkanes) is 15. The van der Waals surface area contributed by atoms with Crippen LogP contribution in [0.25, 0.3) is 0 Å². The van der Waals surface area contributed by atoms with E-state index in [9.17, 15) is 4.79 Å². The van der Waals surface area contributed by atoms with Crippen molar-refractivity contribution in [2.75, 3.05) is 6.54 Å². The quantitative estimate of drug-likeness (QED) is 0.177. The summed E-state index contributed by atoms with van der Waals surface area (Å²) in [5.74, 6) is 0.217. The fraction of sp³-hybridized carbons (Fsp3) is 0.667. The molecule has 0 fully saturated rings. The predicted molar refractivity (Wildman–Crippen MR) is 145 cm³/mol. The Labute approximate surface area is 213 Å². The van der Waals surface area contributed by atoms with E-state index in [1.807, 2.05) is 30.3 Å². The van der Waals surface area contributed by atoms with Crippen LogP contribution in [0.4, 0.5) is 0 Å². The molecular formula is C30H49N3O2. The summed E-state index contributed by atoms with van der Waals surface area (Å²) < 4.78 is 5.46. The second kappa shape index (κ2) is 19.1. The molecule has 1 amide bonds. The number of oxazole rings is 1. The van der Waals surface area contributed by atoms with E-state index >= 15 is 0 Å². The number of benzene rings is 1. The van der Waals surface area contributed by atoms with Gasteiger partial charge in [-0.1, -0.05) is 134 Å². The Hall–Kier alpha value is -2.14. The molecule has 0 aliphatic rings. The average Bonchev–Trinajstić information content (AvgIpc) is 3.37. The van der Waals surface area contributed by atoms with E-state index in [0.29, 0.717) is 24.6 Å². The van der Waals surface area contributed by atoms with Gasteiger partial charge in [-0.2, -0.15) is 0 Å². The topological polar surface area (TPSA) is 81.2 Å². The monoisotopic (exact) mass is 483 g/mol. The molecule has 2 rings (SSSR count). The largest absolute Gasteiger partial charge is 0.446 e. The van der Waals surface area contributed by atoms with Crippen LogP contribution in [-0.4, -0.2) is 17.4 Å². The van der Waals surface area contributed by atoms with E-state index in [1.165, 1.54) is 96.2 Å². The molecule has 5 heteroatoms. The highest BCUT2D eigenvalue weighted by Crippen LogP contribution is 2.16. The fourth-order valence-corrected chi connectivity index (χ4v) is 4.48. The zero-order chi connectivity index (χ0) is 25.0. The molecule has 196 valence electrons. The number of hydrogen-bond acceptors (Lipinski definition) is 4. The molecular weight excluding hydrogens is 434 g/mol. The molecule has 1 atom stereocenters. The van der Waals surface area contributed by atoms with Crippen LogP contribution in [0.15, 0.2) is 41.0 Å². The molecule has 2 aromatic rings. The highest BCUT2D eigenvalue weighted by molar-refractivity contribution is 5.91. The van der Waals surface area contributed by atoms with Crippen LogP contribution in [0, 0.1) is 0 Å². The second-order valence-electron chi connectivity index (χ2n) is 9.93. The summed E-state index contributed by atoms with van der Waals surface area (Å²) in [5.41, 5.74) is 7.62. The lowest BCUT2D eigenvalue weighted by Crippen LogP contribution is -2.25. The van der Waals surface area contributed by atoms with Crippen LogP contribution < -0.4 is 11.1 Å². The van der Waals surface area contributed by atoms with E-state index in [2.05, 4.69) is 17.2 Å². The van der Waals surface area contributed by atoms with E-state index in [4.69, 9.17) is 10.2 Å². The third-order valence-corrected chi connectivity index (χ3v) is 6.69. The number of carbonyl (C=O) groups excluding carboxylic acids is 1. The van der Waals surface area contributed by atoms with Crippen molar-refractivity contribution in [3.05, 3.63) is 53.7 Å². The first-order valence-electron chi connectivity index (χ1n) is 14.2. The summed E-state index contributed by atoms with van der Waals surface area (Å²) in [4.78, 5) is 16.6. The minimum atomic E-state index is -0.362. The Morgan fingerprint density at radius 2 is 1.34 bits per heavy atom. The first-order valence-corrected chi connectivity index (χ1v) is 14.2. The van der Waals surface area contributed by atoms with Crippen LogP contribution in [0.3, 0.4) is 0 Å². The molecule has 1 heterocycles. The van der Waals surface area contributed by atoms with Gasteiger partial charge in [0, 0.05) is 6.54 Å². The Kier molecular flexibility index (Phi) is 15.9. The van der Waals surface area contributed by atoms with Gasteiger partial charge in [-0.15, -0.1) is 0 Å². The molecule has 1 aromatic carbocycles. The summed E-state index contributed by atoms with van der Waals surface area (Å²) in [6.07, 6.45) is 23.6. The molecule has 35 heavy (non-hydrogen) atoms. The van der Waals surface area contributed by atoms with Gasteiger partial charge in [-0.05, 0) is 18.4 Å². The maximum Gasteiger partial charge on any atom is 0.273 e. The number of carbonyl (C=O) groups is 1. The van der Waals surface area contributed by atoms with Gasteiger partial charge in [0.2, 0.25) is 5.89 Å². The lowest BCUT2D eigenvalue weighted by atomic mass is 10.0. The first kappa shape index (κ1) is 29.1. The Morgan fingerprint density at radius 1 is 0.829 bits per heavy atom. The summed E-state index contributed by atoms with van der Waals surface area (Å²) in [6, 6.07) is 9.62. The van der Waals surface area contributed by atoms with Crippen molar-refractivity contribution < 1.29 is 9.21 Å². The van der Waals surface area contributed by atoms with Crippen molar-refractivity contribution in [3.63, 3.8) is 0 Å². The molecule has 0 saturated carbocycles. The molecule has 0 aliphatic carbocycles. The van der Waals surface area contributed by atoms with Crippen LogP contribution in [0.5, 0.6) is 0 Å². The fourth-order valence-electron chi connectivity index (χ4n) is 4.48. The molecule has 3 N–H and O–H groups in total. The molecule has 0 radical (unpaired) electrons. The number of amides is 1. The van der Waals surface area contributed by atoms with Crippen molar-refractivity contribution in [1.29, 1.82) is 0 Å². The van der Waals surface area contributed by atoms with Gasteiger partial charge in [-0.25, -0.2) is 4.98 Å². The molecule has 5 nitrogen and oxygen atoms in total. The molecule has 1 aromatic heterocycles. The summed E-state index contributed by atoms with van der Waals surface area (Å²) in [6.45, 7) is 2.96. The van der Waals surface area contributed by atoms with Crippen LogP contribution in [0.1, 0.15) is 138 Å². The average molecular weight is 484 g/mol. The maximum atomic E-state index is 12.3. The molecule has 0 spiro atoms. The van der Waals surface area contributed by atoms with Crippen molar-refractivity contribution >= 4 is 5.91 Å². The van der Waals surface area contributed by atoms with Crippen LogP contribution in [-0.2, 0) is 6.42 Å². The predicted octanol–water partition coefficient (Wildman–Crippen LogP) is 7.91. The molecule has 0 saturated heterocycles. The molecule has 0 aliphatic heterocycles. The van der Waals surface area contributed by atoms with E-state index in [1.54, 1.807) is 0 Å². The van der Waals surface area contributed by atoms with Gasteiger partial charge in [-0.3, -0.25) is 4.79 Å². The van der Waals surface area contributed by atoms with Gasteiger partial charge >= 0.3 is 0 Å².